The van der Waals surface area contributed by atoms with Gasteiger partial charge in [-0.25, -0.2) is 0 Å². The second-order valence-corrected chi connectivity index (χ2v) is 7.17. The fourth-order valence-electron chi connectivity index (χ4n) is 3.71. The average Bonchev–Trinajstić information content (AvgIpc) is 3.17. The van der Waals surface area contributed by atoms with Crippen LogP contribution in [0, 0.1) is 11.8 Å². The fraction of sp³-hybridized carbons (Fsp3) is 0.824. The number of piperidine rings is 1. The minimum atomic E-state index is -0.00439. The van der Waals surface area contributed by atoms with Crippen LogP contribution in [0.15, 0.2) is 4.52 Å². The maximum absolute atomic E-state index is 12.8. The Kier molecular flexibility index (Phi) is 4.79. The van der Waals surface area contributed by atoms with Crippen LogP contribution in [0.1, 0.15) is 76.6 Å². The summed E-state index contributed by atoms with van der Waals surface area (Å²) in [6, 6.07) is -0.00439. The van der Waals surface area contributed by atoms with E-state index in [1.54, 1.807) is 0 Å². The zero-order valence-electron chi connectivity index (χ0n) is 13.8. The standard InChI is InChI=1S/C17H27N3O2/c1-12(2)11-15-18-16(22-19-15)14-9-5-6-10-20(14)17(21)13-7-3-4-8-13/h12-14H,3-11H2,1-2H3. The number of amides is 1. The van der Waals surface area contributed by atoms with Crippen LogP contribution >= 0.6 is 0 Å². The summed E-state index contributed by atoms with van der Waals surface area (Å²) in [5.74, 6) is 2.45. The van der Waals surface area contributed by atoms with Crippen LogP contribution in [0.25, 0.3) is 0 Å². The molecule has 0 N–H and O–H groups in total. The molecular formula is C17H27N3O2. The lowest BCUT2D eigenvalue weighted by molar-refractivity contribution is -0.140. The number of hydrogen-bond donors (Lipinski definition) is 0. The topological polar surface area (TPSA) is 59.2 Å². The Labute approximate surface area is 132 Å². The van der Waals surface area contributed by atoms with Gasteiger partial charge in [0.2, 0.25) is 11.8 Å². The number of likely N-dealkylation sites (tertiary alicyclic amines) is 1. The van der Waals surface area contributed by atoms with Gasteiger partial charge in [0, 0.05) is 18.9 Å². The third kappa shape index (κ3) is 3.33. The largest absolute Gasteiger partial charge is 0.337 e. The van der Waals surface area contributed by atoms with Crippen LogP contribution in [0.2, 0.25) is 0 Å². The third-order valence-corrected chi connectivity index (χ3v) is 4.85. The van der Waals surface area contributed by atoms with Gasteiger partial charge in [0.15, 0.2) is 5.82 Å². The van der Waals surface area contributed by atoms with Crippen molar-refractivity contribution in [2.75, 3.05) is 6.54 Å². The molecule has 1 amide bonds. The average molecular weight is 305 g/mol. The van der Waals surface area contributed by atoms with Crippen LogP contribution in [-0.4, -0.2) is 27.5 Å². The number of carbonyl (C=O) groups is 1. The molecule has 2 heterocycles. The summed E-state index contributed by atoms with van der Waals surface area (Å²) in [7, 11) is 0. The van der Waals surface area contributed by atoms with E-state index in [9.17, 15) is 4.79 Å². The lowest BCUT2D eigenvalue weighted by atomic mass is 9.98. The van der Waals surface area contributed by atoms with Crippen LogP contribution in [0.3, 0.4) is 0 Å². The summed E-state index contributed by atoms with van der Waals surface area (Å²) < 4.78 is 5.49. The predicted molar refractivity (Wildman–Crippen MR) is 83.1 cm³/mol. The molecule has 5 heteroatoms. The molecule has 1 aliphatic carbocycles. The first kappa shape index (κ1) is 15.5. The second-order valence-electron chi connectivity index (χ2n) is 7.17. The van der Waals surface area contributed by atoms with E-state index in [0.717, 1.165) is 50.9 Å². The molecule has 1 aromatic rings. The zero-order chi connectivity index (χ0) is 15.5. The number of rotatable bonds is 4. The Morgan fingerprint density at radius 2 is 1.95 bits per heavy atom. The van der Waals surface area contributed by atoms with E-state index in [4.69, 9.17) is 4.52 Å². The molecule has 22 heavy (non-hydrogen) atoms. The molecule has 0 spiro atoms. The van der Waals surface area contributed by atoms with Crippen molar-refractivity contribution in [1.29, 1.82) is 0 Å². The molecule has 1 atom stereocenters. The quantitative estimate of drug-likeness (QED) is 0.854. The van der Waals surface area contributed by atoms with Crippen molar-refractivity contribution in [3.63, 3.8) is 0 Å². The first-order chi connectivity index (χ1) is 10.6. The molecule has 3 rings (SSSR count). The lowest BCUT2D eigenvalue weighted by Gasteiger charge is -2.35. The van der Waals surface area contributed by atoms with E-state index >= 15 is 0 Å². The highest BCUT2D eigenvalue weighted by Gasteiger charge is 2.36. The molecule has 1 aromatic heterocycles. The summed E-state index contributed by atoms with van der Waals surface area (Å²) in [5.41, 5.74) is 0. The van der Waals surface area contributed by atoms with Gasteiger partial charge >= 0.3 is 0 Å². The Morgan fingerprint density at radius 1 is 1.23 bits per heavy atom. The van der Waals surface area contributed by atoms with Crippen molar-refractivity contribution in [1.82, 2.24) is 15.0 Å². The van der Waals surface area contributed by atoms with Gasteiger partial charge in [-0.15, -0.1) is 0 Å². The molecule has 0 bridgehead atoms. The van der Waals surface area contributed by atoms with Crippen LogP contribution in [-0.2, 0) is 11.2 Å². The highest BCUT2D eigenvalue weighted by molar-refractivity contribution is 5.79. The summed E-state index contributed by atoms with van der Waals surface area (Å²) >= 11 is 0. The molecule has 1 saturated heterocycles. The SMILES string of the molecule is CC(C)Cc1noc(C2CCCCN2C(=O)C2CCCC2)n1. The minimum absolute atomic E-state index is 0.00439. The van der Waals surface area contributed by atoms with Gasteiger partial charge < -0.3 is 9.42 Å². The summed E-state index contributed by atoms with van der Waals surface area (Å²) in [4.78, 5) is 19.4. The van der Waals surface area contributed by atoms with E-state index in [2.05, 4.69) is 24.0 Å². The highest BCUT2D eigenvalue weighted by atomic mass is 16.5. The van der Waals surface area contributed by atoms with Crippen molar-refractivity contribution >= 4 is 5.91 Å². The molecule has 1 unspecified atom stereocenters. The monoisotopic (exact) mass is 305 g/mol. The van der Waals surface area contributed by atoms with Gasteiger partial charge in [-0.2, -0.15) is 4.98 Å². The van der Waals surface area contributed by atoms with Crippen molar-refractivity contribution in [3.8, 4) is 0 Å². The molecule has 2 fully saturated rings. The molecule has 2 aliphatic rings. The molecule has 1 aliphatic heterocycles. The maximum atomic E-state index is 12.8. The van der Waals surface area contributed by atoms with Gasteiger partial charge in [-0.05, 0) is 38.0 Å². The zero-order valence-corrected chi connectivity index (χ0v) is 13.8. The van der Waals surface area contributed by atoms with Crippen molar-refractivity contribution in [2.24, 2.45) is 11.8 Å². The van der Waals surface area contributed by atoms with E-state index in [-0.39, 0.29) is 12.0 Å². The van der Waals surface area contributed by atoms with Crippen LogP contribution < -0.4 is 0 Å². The van der Waals surface area contributed by atoms with Gasteiger partial charge in [-0.1, -0.05) is 31.8 Å². The Morgan fingerprint density at radius 3 is 2.68 bits per heavy atom. The minimum Gasteiger partial charge on any atom is -0.337 e. The first-order valence-corrected chi connectivity index (χ1v) is 8.78. The molecule has 0 aromatic carbocycles. The van der Waals surface area contributed by atoms with Gasteiger partial charge in [0.25, 0.3) is 0 Å². The molecule has 5 nitrogen and oxygen atoms in total. The van der Waals surface area contributed by atoms with E-state index in [1.807, 2.05) is 4.90 Å². The van der Waals surface area contributed by atoms with E-state index in [0.29, 0.717) is 17.7 Å². The number of nitrogens with zero attached hydrogens (tertiary/aromatic N) is 3. The molecular weight excluding hydrogens is 278 g/mol. The molecule has 122 valence electrons. The Bertz CT molecular complexity index is 506. The first-order valence-electron chi connectivity index (χ1n) is 8.78. The lowest BCUT2D eigenvalue weighted by Crippen LogP contribution is -2.41. The third-order valence-electron chi connectivity index (χ3n) is 4.85. The second kappa shape index (κ2) is 6.80. The summed E-state index contributed by atoms with van der Waals surface area (Å²) in [6.45, 7) is 5.13. The van der Waals surface area contributed by atoms with Crippen molar-refractivity contribution in [2.45, 2.75) is 71.3 Å². The number of aromatic nitrogens is 2. The predicted octanol–water partition coefficient (Wildman–Crippen LogP) is 3.51. The maximum Gasteiger partial charge on any atom is 0.249 e. The van der Waals surface area contributed by atoms with E-state index < -0.39 is 0 Å². The smallest absolute Gasteiger partial charge is 0.249 e. The van der Waals surface area contributed by atoms with Gasteiger partial charge in [0.1, 0.15) is 6.04 Å². The Balaban J connectivity index is 1.74. The van der Waals surface area contributed by atoms with Crippen LogP contribution in [0.5, 0.6) is 0 Å². The number of carbonyl (C=O) groups excluding carboxylic acids is 1. The van der Waals surface area contributed by atoms with Crippen LogP contribution in [0.4, 0.5) is 0 Å². The number of hydrogen-bond acceptors (Lipinski definition) is 4. The van der Waals surface area contributed by atoms with Gasteiger partial charge in [0.05, 0.1) is 0 Å². The highest BCUT2D eigenvalue weighted by Crippen LogP contribution is 2.34. The van der Waals surface area contributed by atoms with E-state index in [1.165, 1.54) is 12.8 Å². The van der Waals surface area contributed by atoms with Gasteiger partial charge in [-0.3, -0.25) is 4.79 Å². The van der Waals surface area contributed by atoms with Crippen molar-refractivity contribution < 1.29 is 9.32 Å². The normalized spacial score (nSPS) is 23.4. The Hall–Kier alpha value is -1.39. The molecule has 0 radical (unpaired) electrons. The fourth-order valence-corrected chi connectivity index (χ4v) is 3.71. The summed E-state index contributed by atoms with van der Waals surface area (Å²) in [6.07, 6.45) is 8.45. The summed E-state index contributed by atoms with van der Waals surface area (Å²) in [5, 5.41) is 4.10. The molecule has 1 saturated carbocycles. The van der Waals surface area contributed by atoms with Crippen molar-refractivity contribution in [3.05, 3.63) is 11.7 Å².